The summed E-state index contributed by atoms with van der Waals surface area (Å²) in [4.78, 5) is 36.1. The summed E-state index contributed by atoms with van der Waals surface area (Å²) in [6, 6.07) is 18.4. The van der Waals surface area contributed by atoms with E-state index in [0.29, 0.717) is 0 Å². The molecule has 3 aromatic rings. The van der Waals surface area contributed by atoms with Crippen LogP contribution >= 0.6 is 0 Å². The molecule has 7 rings (SSSR count). The fourth-order valence-corrected chi connectivity index (χ4v) is 7.48. The van der Waals surface area contributed by atoms with Gasteiger partial charge in [0.2, 0.25) is 0 Å². The number of hydrogen-bond acceptors (Lipinski definition) is 4. The van der Waals surface area contributed by atoms with Gasteiger partial charge in [-0.1, -0.05) is 24.3 Å². The number of hydrogen-bond donors (Lipinski definition) is 1. The molecule has 212 valence electrons. The fourth-order valence-electron chi connectivity index (χ4n) is 7.48. The normalized spacial score (nSPS) is 23.9. The smallest absolute Gasteiger partial charge is 0.253 e. The van der Waals surface area contributed by atoms with Gasteiger partial charge in [-0.25, -0.2) is 0 Å². The lowest BCUT2D eigenvalue weighted by atomic mass is 9.79. The van der Waals surface area contributed by atoms with Crippen molar-refractivity contribution in [3.8, 4) is 0 Å². The predicted molar refractivity (Wildman–Crippen MR) is 161 cm³/mol. The standard InChI is InChI=1S/C35H40N4O2/c40-33(30-7-2-1-5-27(30)21-25-9-10-25)37-32-8-3-6-26-11-12-28(22-31(26)32)34(41)39-19-4-15-35(24-39)16-20-38(23-35)29-13-17-36-18-14-29/h1-2,5,7,11-14,17-18,22,25,32H,3-4,6,8-10,15-16,19-21,23-24H2,(H,37,40)/t32-,35?/m1/s1. The Hall–Kier alpha value is -3.67. The van der Waals surface area contributed by atoms with Gasteiger partial charge in [0.05, 0.1) is 6.04 Å². The number of carbonyl (C=O) groups is 2. The van der Waals surface area contributed by atoms with Crippen LogP contribution in [0.25, 0.3) is 0 Å². The monoisotopic (exact) mass is 548 g/mol. The van der Waals surface area contributed by atoms with E-state index in [4.69, 9.17) is 0 Å². The Kier molecular flexibility index (Phi) is 7.01. The van der Waals surface area contributed by atoms with Crippen molar-refractivity contribution in [2.75, 3.05) is 31.1 Å². The molecular formula is C35H40N4O2. The van der Waals surface area contributed by atoms with Crippen LogP contribution in [0, 0.1) is 11.3 Å². The quantitative estimate of drug-likeness (QED) is 0.412. The second-order valence-corrected chi connectivity index (χ2v) is 12.8. The first-order valence-electron chi connectivity index (χ1n) is 15.5. The molecule has 0 bridgehead atoms. The SMILES string of the molecule is O=C(N[C@@H]1CCCc2ccc(C(=O)N3CCCC4(CCN(c5ccncc5)C4)C3)cc21)c1ccccc1CC1CC1. The summed E-state index contributed by atoms with van der Waals surface area (Å²) >= 11 is 0. The lowest BCUT2D eigenvalue weighted by Gasteiger charge is -2.40. The van der Waals surface area contributed by atoms with Gasteiger partial charge in [-0.2, -0.15) is 0 Å². The number of piperidine rings is 1. The maximum Gasteiger partial charge on any atom is 0.253 e. The van der Waals surface area contributed by atoms with Crippen molar-refractivity contribution < 1.29 is 9.59 Å². The summed E-state index contributed by atoms with van der Waals surface area (Å²) in [5, 5.41) is 3.36. The summed E-state index contributed by atoms with van der Waals surface area (Å²) in [5.74, 6) is 0.859. The van der Waals surface area contributed by atoms with Crippen molar-refractivity contribution in [3.05, 3.63) is 94.8 Å². The van der Waals surface area contributed by atoms with Crippen molar-refractivity contribution in [2.24, 2.45) is 11.3 Å². The van der Waals surface area contributed by atoms with Crippen LogP contribution in [-0.4, -0.2) is 47.9 Å². The highest BCUT2D eigenvalue weighted by molar-refractivity contribution is 5.96. The topological polar surface area (TPSA) is 65.5 Å². The number of fused-ring (bicyclic) bond motifs is 1. The molecule has 1 N–H and O–H groups in total. The number of likely N-dealkylation sites (tertiary alicyclic amines) is 1. The number of benzene rings is 2. The minimum absolute atomic E-state index is 0.00814. The van der Waals surface area contributed by atoms with Crippen LogP contribution in [0.4, 0.5) is 5.69 Å². The fraction of sp³-hybridized carbons (Fsp3) is 0.457. The number of rotatable bonds is 6. The van der Waals surface area contributed by atoms with Gasteiger partial charge in [-0.15, -0.1) is 0 Å². The number of aromatic nitrogens is 1. The van der Waals surface area contributed by atoms with Gasteiger partial charge < -0.3 is 15.1 Å². The van der Waals surface area contributed by atoms with E-state index in [1.807, 2.05) is 36.7 Å². The average Bonchev–Trinajstić information content (AvgIpc) is 3.75. The molecule has 2 aromatic carbocycles. The first-order valence-corrected chi connectivity index (χ1v) is 15.5. The van der Waals surface area contributed by atoms with E-state index in [0.717, 1.165) is 92.9 Å². The number of carbonyl (C=O) groups excluding carboxylic acids is 2. The molecule has 2 aliphatic heterocycles. The largest absolute Gasteiger partial charge is 0.371 e. The lowest BCUT2D eigenvalue weighted by Crippen LogP contribution is -2.47. The third-order valence-electron chi connectivity index (χ3n) is 9.89. The minimum atomic E-state index is -0.0653. The number of nitrogens with zero attached hydrogens (tertiary/aromatic N) is 3. The van der Waals surface area contributed by atoms with Crippen molar-refractivity contribution >= 4 is 17.5 Å². The van der Waals surface area contributed by atoms with Gasteiger partial charge in [-0.3, -0.25) is 14.6 Å². The summed E-state index contributed by atoms with van der Waals surface area (Å²) in [6.45, 7) is 3.63. The van der Waals surface area contributed by atoms with Crippen LogP contribution in [0.15, 0.2) is 67.0 Å². The molecule has 0 radical (unpaired) electrons. The Bertz CT molecular complexity index is 1440. The van der Waals surface area contributed by atoms with Gasteiger partial charge in [0.15, 0.2) is 0 Å². The zero-order valence-electron chi connectivity index (χ0n) is 23.9. The number of nitrogens with one attached hydrogen (secondary N) is 1. The van der Waals surface area contributed by atoms with Crippen LogP contribution in [0.5, 0.6) is 0 Å². The predicted octanol–water partition coefficient (Wildman–Crippen LogP) is 5.97. The summed E-state index contributed by atoms with van der Waals surface area (Å²) < 4.78 is 0. The maximum atomic E-state index is 13.9. The zero-order chi connectivity index (χ0) is 27.8. The number of aryl methyl sites for hydroxylation is 1. The minimum Gasteiger partial charge on any atom is -0.371 e. The molecule has 3 heterocycles. The van der Waals surface area contributed by atoms with Crippen molar-refractivity contribution in [2.45, 2.75) is 63.8 Å². The molecule has 6 heteroatoms. The van der Waals surface area contributed by atoms with Crippen LogP contribution in [0.3, 0.4) is 0 Å². The van der Waals surface area contributed by atoms with E-state index < -0.39 is 0 Å². The Morgan fingerprint density at radius 2 is 1.78 bits per heavy atom. The Balaban J connectivity index is 1.07. The lowest BCUT2D eigenvalue weighted by molar-refractivity contribution is 0.0556. The van der Waals surface area contributed by atoms with Gasteiger partial charge in [-0.05, 0) is 111 Å². The van der Waals surface area contributed by atoms with Gasteiger partial charge in [0, 0.05) is 60.8 Å². The van der Waals surface area contributed by atoms with Crippen molar-refractivity contribution in [1.29, 1.82) is 0 Å². The molecule has 1 saturated carbocycles. The summed E-state index contributed by atoms with van der Waals surface area (Å²) in [6.07, 6.45) is 13.5. The van der Waals surface area contributed by atoms with E-state index in [1.165, 1.54) is 30.5 Å². The molecule has 2 atom stereocenters. The van der Waals surface area contributed by atoms with E-state index in [2.05, 4.69) is 50.4 Å². The van der Waals surface area contributed by atoms with Crippen LogP contribution in [0.1, 0.15) is 88.4 Å². The molecular weight excluding hydrogens is 508 g/mol. The molecule has 2 saturated heterocycles. The third kappa shape index (κ3) is 5.49. The second-order valence-electron chi connectivity index (χ2n) is 12.8. The molecule has 2 amide bonds. The first kappa shape index (κ1) is 26.2. The second kappa shape index (κ2) is 11.0. The van der Waals surface area contributed by atoms with E-state index in [9.17, 15) is 9.59 Å². The number of anilines is 1. The van der Waals surface area contributed by atoms with E-state index in [1.54, 1.807) is 0 Å². The van der Waals surface area contributed by atoms with E-state index >= 15 is 0 Å². The van der Waals surface area contributed by atoms with Crippen molar-refractivity contribution in [1.82, 2.24) is 15.2 Å². The van der Waals surface area contributed by atoms with Crippen LogP contribution < -0.4 is 10.2 Å². The number of amides is 2. The highest BCUT2D eigenvalue weighted by atomic mass is 16.2. The van der Waals surface area contributed by atoms with Crippen LogP contribution in [0.2, 0.25) is 0 Å². The molecule has 1 spiro atoms. The Labute approximate surface area is 243 Å². The van der Waals surface area contributed by atoms with E-state index in [-0.39, 0.29) is 23.3 Å². The zero-order valence-corrected chi connectivity index (χ0v) is 23.9. The Morgan fingerprint density at radius 3 is 2.63 bits per heavy atom. The van der Waals surface area contributed by atoms with Gasteiger partial charge in [0.1, 0.15) is 0 Å². The molecule has 6 nitrogen and oxygen atoms in total. The molecule has 3 fully saturated rings. The molecule has 1 unspecified atom stereocenters. The summed E-state index contributed by atoms with van der Waals surface area (Å²) in [7, 11) is 0. The summed E-state index contributed by atoms with van der Waals surface area (Å²) in [5.41, 5.74) is 6.44. The van der Waals surface area contributed by atoms with Gasteiger partial charge >= 0.3 is 0 Å². The average molecular weight is 549 g/mol. The van der Waals surface area contributed by atoms with Crippen molar-refractivity contribution in [3.63, 3.8) is 0 Å². The molecule has 41 heavy (non-hydrogen) atoms. The highest BCUT2D eigenvalue weighted by Gasteiger charge is 2.43. The van der Waals surface area contributed by atoms with Gasteiger partial charge in [0.25, 0.3) is 11.8 Å². The molecule has 4 aliphatic rings. The molecule has 2 aliphatic carbocycles. The highest BCUT2D eigenvalue weighted by Crippen LogP contribution is 2.41. The number of pyridine rings is 1. The maximum absolute atomic E-state index is 13.9. The first-order chi connectivity index (χ1) is 20.1. The third-order valence-corrected chi connectivity index (χ3v) is 9.89. The Morgan fingerprint density at radius 1 is 0.927 bits per heavy atom. The van der Waals surface area contributed by atoms with Crippen LogP contribution in [-0.2, 0) is 12.8 Å². The molecule has 1 aromatic heterocycles.